The van der Waals surface area contributed by atoms with Crippen LogP contribution in [0.1, 0.15) is 5.56 Å². The summed E-state index contributed by atoms with van der Waals surface area (Å²) in [4.78, 5) is 2.21. The fraction of sp³-hybridized carbons (Fsp3) is 0.462. The van der Waals surface area contributed by atoms with Crippen LogP contribution in [0, 0.1) is 11.3 Å². The van der Waals surface area contributed by atoms with Crippen molar-refractivity contribution >= 4 is 11.6 Å². The van der Waals surface area contributed by atoms with Crippen LogP contribution in [0.3, 0.4) is 0 Å². The van der Waals surface area contributed by atoms with Gasteiger partial charge in [-0.05, 0) is 25.2 Å². The lowest BCUT2D eigenvalue weighted by Gasteiger charge is -2.29. The zero-order valence-corrected chi connectivity index (χ0v) is 11.0. The highest BCUT2D eigenvalue weighted by molar-refractivity contribution is 6.32. The van der Waals surface area contributed by atoms with Gasteiger partial charge in [0.2, 0.25) is 0 Å². The third-order valence-electron chi connectivity index (χ3n) is 2.83. The largest absolute Gasteiger partial charge is 0.489 e. The van der Waals surface area contributed by atoms with Crippen LogP contribution in [0.2, 0.25) is 5.02 Å². The van der Waals surface area contributed by atoms with E-state index in [0.29, 0.717) is 22.9 Å². The number of morpholine rings is 1. The molecule has 1 atom stereocenters. The van der Waals surface area contributed by atoms with Crippen LogP contribution in [0.25, 0.3) is 0 Å². The first-order chi connectivity index (χ1) is 8.69. The molecule has 4 nitrogen and oxygen atoms in total. The molecule has 0 aliphatic carbocycles. The smallest absolute Gasteiger partial charge is 0.138 e. The Kier molecular flexibility index (Phi) is 4.43. The van der Waals surface area contributed by atoms with Crippen molar-refractivity contribution in [1.29, 1.82) is 5.26 Å². The fourth-order valence-corrected chi connectivity index (χ4v) is 2.07. The molecule has 1 aliphatic heterocycles. The number of hydrogen-bond donors (Lipinski definition) is 0. The van der Waals surface area contributed by atoms with E-state index in [0.717, 1.165) is 19.7 Å². The van der Waals surface area contributed by atoms with Crippen molar-refractivity contribution in [3.05, 3.63) is 28.8 Å². The monoisotopic (exact) mass is 266 g/mol. The fourth-order valence-electron chi connectivity index (χ4n) is 1.84. The molecule has 96 valence electrons. The van der Waals surface area contributed by atoms with Gasteiger partial charge in [0.15, 0.2) is 0 Å². The van der Waals surface area contributed by atoms with Crippen molar-refractivity contribution in [3.8, 4) is 11.8 Å². The molecule has 1 fully saturated rings. The van der Waals surface area contributed by atoms with Crippen LogP contribution < -0.4 is 4.74 Å². The molecular formula is C13H15ClN2O2. The van der Waals surface area contributed by atoms with Crippen LogP contribution in [0.5, 0.6) is 5.75 Å². The van der Waals surface area contributed by atoms with E-state index < -0.39 is 0 Å². The quantitative estimate of drug-likeness (QED) is 0.839. The highest BCUT2D eigenvalue weighted by atomic mass is 35.5. The molecule has 1 unspecified atom stereocenters. The number of rotatable bonds is 3. The normalized spacial score (nSPS) is 20.4. The Balaban J connectivity index is 1.92. The Hall–Kier alpha value is -1.28. The highest BCUT2D eigenvalue weighted by Crippen LogP contribution is 2.25. The van der Waals surface area contributed by atoms with Gasteiger partial charge in [-0.2, -0.15) is 5.26 Å². The Morgan fingerprint density at radius 1 is 1.61 bits per heavy atom. The van der Waals surface area contributed by atoms with Gasteiger partial charge in [0.05, 0.1) is 23.3 Å². The van der Waals surface area contributed by atoms with Gasteiger partial charge in [-0.25, -0.2) is 0 Å². The Morgan fingerprint density at radius 3 is 3.11 bits per heavy atom. The molecular weight excluding hydrogens is 252 g/mol. The molecule has 0 spiro atoms. The van der Waals surface area contributed by atoms with E-state index in [1.54, 1.807) is 18.2 Å². The number of halogens is 1. The van der Waals surface area contributed by atoms with Crippen molar-refractivity contribution < 1.29 is 9.47 Å². The summed E-state index contributed by atoms with van der Waals surface area (Å²) in [6.07, 6.45) is 0.0652. The molecule has 0 aromatic heterocycles. The van der Waals surface area contributed by atoms with Gasteiger partial charge in [-0.1, -0.05) is 11.6 Å². The molecule has 0 N–H and O–H groups in total. The van der Waals surface area contributed by atoms with Gasteiger partial charge < -0.3 is 14.4 Å². The molecule has 1 aromatic carbocycles. The zero-order chi connectivity index (χ0) is 13.0. The number of ether oxygens (including phenoxy) is 2. The van der Waals surface area contributed by atoms with Gasteiger partial charge in [-0.15, -0.1) is 0 Å². The Bertz CT molecular complexity index is 459. The molecule has 5 heteroatoms. The molecule has 18 heavy (non-hydrogen) atoms. The predicted molar refractivity (Wildman–Crippen MR) is 68.9 cm³/mol. The highest BCUT2D eigenvalue weighted by Gasteiger charge is 2.18. The minimum Gasteiger partial charge on any atom is -0.489 e. The SMILES string of the molecule is CN1CCOC(COc2ccc(C#N)cc2Cl)C1. The molecule has 1 aromatic rings. The van der Waals surface area contributed by atoms with E-state index in [4.69, 9.17) is 26.3 Å². The maximum atomic E-state index is 8.74. The summed E-state index contributed by atoms with van der Waals surface area (Å²) in [6, 6.07) is 7.04. The lowest BCUT2D eigenvalue weighted by atomic mass is 10.2. The molecule has 1 saturated heterocycles. The maximum absolute atomic E-state index is 8.74. The lowest BCUT2D eigenvalue weighted by molar-refractivity contribution is -0.0403. The van der Waals surface area contributed by atoms with Crippen molar-refractivity contribution in [1.82, 2.24) is 4.90 Å². The average molecular weight is 267 g/mol. The predicted octanol–water partition coefficient (Wildman–Crippen LogP) is 1.92. The van der Waals surface area contributed by atoms with Crippen molar-refractivity contribution in [2.24, 2.45) is 0 Å². The number of benzene rings is 1. The zero-order valence-electron chi connectivity index (χ0n) is 10.2. The van der Waals surface area contributed by atoms with Crippen molar-refractivity contribution in [2.45, 2.75) is 6.10 Å². The first-order valence-electron chi connectivity index (χ1n) is 5.81. The minimum absolute atomic E-state index is 0.0652. The summed E-state index contributed by atoms with van der Waals surface area (Å²) in [5.74, 6) is 0.590. The molecule has 0 bridgehead atoms. The number of likely N-dealkylation sites (N-methyl/N-ethyl adjacent to an activating group) is 1. The minimum atomic E-state index is 0.0652. The third kappa shape index (κ3) is 3.36. The summed E-state index contributed by atoms with van der Waals surface area (Å²) in [7, 11) is 2.06. The van der Waals surface area contributed by atoms with E-state index in [2.05, 4.69) is 11.9 Å². The second-order valence-electron chi connectivity index (χ2n) is 4.32. The van der Waals surface area contributed by atoms with E-state index in [-0.39, 0.29) is 6.10 Å². The number of nitrogens with zero attached hydrogens (tertiary/aromatic N) is 2. The van der Waals surface area contributed by atoms with Crippen LogP contribution >= 0.6 is 11.6 Å². The van der Waals surface area contributed by atoms with E-state index in [1.165, 1.54) is 0 Å². The average Bonchev–Trinajstić information content (AvgIpc) is 2.37. The number of hydrogen-bond acceptors (Lipinski definition) is 4. The van der Waals surface area contributed by atoms with Gasteiger partial charge in [0.1, 0.15) is 18.5 Å². The summed E-state index contributed by atoms with van der Waals surface area (Å²) in [5, 5.41) is 9.20. The molecule has 1 heterocycles. The Morgan fingerprint density at radius 2 is 2.44 bits per heavy atom. The van der Waals surface area contributed by atoms with Gasteiger partial charge in [-0.3, -0.25) is 0 Å². The molecule has 0 radical (unpaired) electrons. The van der Waals surface area contributed by atoms with Gasteiger partial charge >= 0.3 is 0 Å². The van der Waals surface area contributed by atoms with Gasteiger partial charge in [0, 0.05) is 13.1 Å². The molecule has 1 aliphatic rings. The second kappa shape index (κ2) is 6.05. The van der Waals surface area contributed by atoms with Gasteiger partial charge in [0.25, 0.3) is 0 Å². The van der Waals surface area contributed by atoms with E-state index in [9.17, 15) is 0 Å². The summed E-state index contributed by atoms with van der Waals surface area (Å²) >= 11 is 6.03. The number of nitriles is 1. The Labute approximate surface area is 112 Å². The van der Waals surface area contributed by atoms with Crippen molar-refractivity contribution in [3.63, 3.8) is 0 Å². The summed E-state index contributed by atoms with van der Waals surface area (Å²) in [5.41, 5.74) is 0.529. The standard InChI is InChI=1S/C13H15ClN2O2/c1-16-4-5-17-11(8-16)9-18-13-3-2-10(7-15)6-12(13)14/h2-3,6,11H,4-5,8-9H2,1H3. The maximum Gasteiger partial charge on any atom is 0.138 e. The van der Waals surface area contributed by atoms with Crippen molar-refractivity contribution in [2.75, 3.05) is 33.4 Å². The first-order valence-corrected chi connectivity index (χ1v) is 6.19. The van der Waals surface area contributed by atoms with Crippen LogP contribution in [-0.4, -0.2) is 44.4 Å². The van der Waals surface area contributed by atoms with E-state index in [1.807, 2.05) is 6.07 Å². The first kappa shape index (κ1) is 13.2. The van der Waals surface area contributed by atoms with Crippen LogP contribution in [-0.2, 0) is 4.74 Å². The molecule has 0 amide bonds. The third-order valence-corrected chi connectivity index (χ3v) is 3.12. The summed E-state index contributed by atoms with van der Waals surface area (Å²) in [6.45, 7) is 3.00. The topological polar surface area (TPSA) is 45.5 Å². The van der Waals surface area contributed by atoms with E-state index >= 15 is 0 Å². The molecule has 2 rings (SSSR count). The van der Waals surface area contributed by atoms with Crippen LogP contribution in [0.15, 0.2) is 18.2 Å². The van der Waals surface area contributed by atoms with Crippen LogP contribution in [0.4, 0.5) is 0 Å². The summed E-state index contributed by atoms with van der Waals surface area (Å²) < 4.78 is 11.2. The molecule has 0 saturated carbocycles. The second-order valence-corrected chi connectivity index (χ2v) is 4.73. The lowest BCUT2D eigenvalue weighted by Crippen LogP contribution is -2.42.